The molecule has 0 bridgehead atoms. The van der Waals surface area contributed by atoms with Crippen molar-refractivity contribution < 1.29 is 9.50 Å². The van der Waals surface area contributed by atoms with Crippen molar-refractivity contribution in [1.82, 2.24) is 15.0 Å². The lowest BCUT2D eigenvalue weighted by Crippen LogP contribution is -2.35. The number of hydrogen-bond acceptors (Lipinski definition) is 7. The molecule has 0 spiro atoms. The Morgan fingerprint density at radius 2 is 1.80 bits per heavy atom. The van der Waals surface area contributed by atoms with Crippen molar-refractivity contribution in [3.8, 4) is 0 Å². The van der Waals surface area contributed by atoms with Gasteiger partial charge >= 0.3 is 0 Å². The fourth-order valence-electron chi connectivity index (χ4n) is 3.51. The van der Waals surface area contributed by atoms with E-state index < -0.39 is 0 Å². The number of aromatic nitrogens is 3. The Morgan fingerprint density at radius 1 is 1.07 bits per heavy atom. The van der Waals surface area contributed by atoms with Crippen LogP contribution in [-0.2, 0) is 0 Å². The summed E-state index contributed by atoms with van der Waals surface area (Å²) < 4.78 is 13.2. The topological polar surface area (TPSA) is 86.2 Å². The number of rotatable bonds is 6. The zero-order valence-electron chi connectivity index (χ0n) is 16.8. The lowest BCUT2D eigenvalue weighted by molar-refractivity contribution is 0.145. The molecule has 1 atom stereocenters. The van der Waals surface area contributed by atoms with E-state index in [4.69, 9.17) is 0 Å². The highest BCUT2D eigenvalue weighted by Crippen LogP contribution is 2.28. The summed E-state index contributed by atoms with van der Waals surface area (Å²) in [5.74, 6) is 1.69. The van der Waals surface area contributed by atoms with Crippen LogP contribution in [0.3, 0.4) is 0 Å². The number of aliphatic hydroxyl groups excluding tert-OH is 1. The summed E-state index contributed by atoms with van der Waals surface area (Å²) >= 11 is 0. The van der Waals surface area contributed by atoms with Crippen LogP contribution >= 0.6 is 0 Å². The largest absolute Gasteiger partial charge is 0.393 e. The number of pyridine rings is 1. The molecular weight excluding hydrogens is 383 g/mol. The van der Waals surface area contributed by atoms with E-state index in [0.29, 0.717) is 17.5 Å². The number of nitrogens with zero attached hydrogens (tertiary/aromatic N) is 4. The van der Waals surface area contributed by atoms with Gasteiger partial charge in [0.1, 0.15) is 23.3 Å². The molecule has 1 saturated heterocycles. The van der Waals surface area contributed by atoms with Crippen LogP contribution in [0.25, 0.3) is 0 Å². The van der Waals surface area contributed by atoms with Gasteiger partial charge in [-0.05, 0) is 37.5 Å². The van der Waals surface area contributed by atoms with E-state index in [1.807, 2.05) is 19.1 Å². The fourth-order valence-corrected chi connectivity index (χ4v) is 3.51. The Balaban J connectivity index is 1.59. The zero-order valence-corrected chi connectivity index (χ0v) is 16.8. The molecule has 3 heterocycles. The first-order chi connectivity index (χ1) is 14.6. The maximum absolute atomic E-state index is 13.2. The monoisotopic (exact) mass is 408 g/mol. The maximum atomic E-state index is 13.2. The first-order valence-electron chi connectivity index (χ1n) is 10.1. The summed E-state index contributed by atoms with van der Waals surface area (Å²) in [7, 11) is 0. The first kappa shape index (κ1) is 20.0. The smallest absolute Gasteiger partial charge is 0.150 e. The van der Waals surface area contributed by atoms with Crippen molar-refractivity contribution in [1.29, 1.82) is 0 Å². The van der Waals surface area contributed by atoms with Crippen molar-refractivity contribution in [2.75, 3.05) is 28.6 Å². The summed E-state index contributed by atoms with van der Waals surface area (Å²) in [6.07, 6.45) is 6.11. The Labute approximate surface area is 175 Å². The van der Waals surface area contributed by atoms with Crippen LogP contribution in [0.4, 0.5) is 27.5 Å². The predicted octanol–water partition coefficient (Wildman–Crippen LogP) is 3.89. The van der Waals surface area contributed by atoms with E-state index in [0.717, 1.165) is 37.2 Å². The minimum Gasteiger partial charge on any atom is -0.393 e. The quantitative estimate of drug-likeness (QED) is 0.570. The molecule has 1 aromatic carbocycles. The molecule has 1 aliphatic rings. The molecule has 4 rings (SSSR count). The van der Waals surface area contributed by atoms with E-state index >= 15 is 0 Å². The van der Waals surface area contributed by atoms with Crippen LogP contribution < -0.4 is 15.5 Å². The molecule has 2 aromatic heterocycles. The van der Waals surface area contributed by atoms with E-state index in [1.165, 1.54) is 12.1 Å². The summed E-state index contributed by atoms with van der Waals surface area (Å²) in [5.41, 5.74) is 1.98. The minimum atomic E-state index is -0.256. The number of benzene rings is 1. The van der Waals surface area contributed by atoms with E-state index in [2.05, 4.69) is 30.5 Å². The lowest BCUT2D eigenvalue weighted by atomic mass is 10.1. The molecule has 3 aromatic rings. The van der Waals surface area contributed by atoms with E-state index in [1.54, 1.807) is 30.7 Å². The molecule has 8 heteroatoms. The van der Waals surface area contributed by atoms with Gasteiger partial charge in [0, 0.05) is 49.3 Å². The minimum absolute atomic E-state index is 0.0547. The molecular formula is C22H25FN6O. The van der Waals surface area contributed by atoms with Gasteiger partial charge in [-0.3, -0.25) is 4.98 Å². The SMILES string of the molecule is CC(Nc1cc(N2CCC(O)CC2)cc(Nc2cnccn2)n1)c1ccc(F)cc1. The average molecular weight is 408 g/mol. The Morgan fingerprint density at radius 3 is 2.50 bits per heavy atom. The molecule has 0 radical (unpaired) electrons. The van der Waals surface area contributed by atoms with Crippen LogP contribution in [-0.4, -0.2) is 39.3 Å². The molecule has 3 N–H and O–H groups in total. The number of aliphatic hydroxyl groups is 1. The van der Waals surface area contributed by atoms with Gasteiger partial charge in [0.2, 0.25) is 0 Å². The van der Waals surface area contributed by atoms with Crippen molar-refractivity contribution >= 4 is 23.1 Å². The molecule has 156 valence electrons. The maximum Gasteiger partial charge on any atom is 0.150 e. The van der Waals surface area contributed by atoms with Crippen molar-refractivity contribution in [2.24, 2.45) is 0 Å². The molecule has 1 unspecified atom stereocenters. The van der Waals surface area contributed by atoms with Gasteiger partial charge in [-0.25, -0.2) is 14.4 Å². The van der Waals surface area contributed by atoms with Crippen LogP contribution in [0.15, 0.2) is 55.0 Å². The highest BCUT2D eigenvalue weighted by Gasteiger charge is 2.19. The highest BCUT2D eigenvalue weighted by atomic mass is 19.1. The molecule has 1 fully saturated rings. The van der Waals surface area contributed by atoms with Gasteiger partial charge in [-0.1, -0.05) is 12.1 Å². The zero-order chi connectivity index (χ0) is 20.9. The average Bonchev–Trinajstić information content (AvgIpc) is 2.75. The molecule has 1 aliphatic heterocycles. The molecule has 0 aliphatic carbocycles. The summed E-state index contributed by atoms with van der Waals surface area (Å²) in [5, 5.41) is 16.4. The fraction of sp³-hybridized carbons (Fsp3) is 0.318. The number of halogens is 1. The van der Waals surface area contributed by atoms with E-state index in [-0.39, 0.29) is 18.0 Å². The number of anilines is 4. The van der Waals surface area contributed by atoms with Crippen LogP contribution in [0.5, 0.6) is 0 Å². The second-order valence-electron chi connectivity index (χ2n) is 7.45. The lowest BCUT2D eigenvalue weighted by Gasteiger charge is -2.32. The number of nitrogens with one attached hydrogen (secondary N) is 2. The Bertz CT molecular complexity index is 961. The molecule has 30 heavy (non-hydrogen) atoms. The van der Waals surface area contributed by atoms with Gasteiger partial charge in [0.25, 0.3) is 0 Å². The predicted molar refractivity (Wildman–Crippen MR) is 115 cm³/mol. The second kappa shape index (κ2) is 9.04. The van der Waals surface area contributed by atoms with E-state index in [9.17, 15) is 9.50 Å². The van der Waals surface area contributed by atoms with Gasteiger partial charge < -0.3 is 20.6 Å². The van der Waals surface area contributed by atoms with Gasteiger partial charge in [-0.15, -0.1) is 0 Å². The highest BCUT2D eigenvalue weighted by molar-refractivity contribution is 5.65. The third-order valence-corrected chi connectivity index (χ3v) is 5.19. The molecule has 7 nitrogen and oxygen atoms in total. The second-order valence-corrected chi connectivity index (χ2v) is 7.45. The number of piperidine rings is 1. The normalized spacial score (nSPS) is 15.6. The van der Waals surface area contributed by atoms with Crippen molar-refractivity contribution in [2.45, 2.75) is 31.9 Å². The first-order valence-corrected chi connectivity index (χ1v) is 10.1. The Kier molecular flexibility index (Phi) is 6.04. The van der Waals surface area contributed by atoms with Crippen molar-refractivity contribution in [3.05, 3.63) is 66.4 Å². The van der Waals surface area contributed by atoms with Gasteiger partial charge in [-0.2, -0.15) is 0 Å². The third-order valence-electron chi connectivity index (χ3n) is 5.19. The third kappa shape index (κ3) is 5.01. The summed E-state index contributed by atoms with van der Waals surface area (Å²) in [6, 6.07) is 10.4. The van der Waals surface area contributed by atoms with Gasteiger partial charge in [0.15, 0.2) is 0 Å². The molecule has 0 amide bonds. The van der Waals surface area contributed by atoms with Crippen molar-refractivity contribution in [3.63, 3.8) is 0 Å². The summed E-state index contributed by atoms with van der Waals surface area (Å²) in [4.78, 5) is 15.3. The van der Waals surface area contributed by atoms with Crippen LogP contribution in [0.1, 0.15) is 31.4 Å². The van der Waals surface area contributed by atoms with Crippen LogP contribution in [0, 0.1) is 5.82 Å². The van der Waals surface area contributed by atoms with Gasteiger partial charge in [0.05, 0.1) is 12.3 Å². The van der Waals surface area contributed by atoms with Crippen LogP contribution in [0.2, 0.25) is 0 Å². The Hall–Kier alpha value is -3.26. The molecule has 0 saturated carbocycles. The number of hydrogen-bond donors (Lipinski definition) is 3. The standard InChI is InChI=1S/C22H25FN6O/c1-15(16-2-4-17(23)5-3-16)26-20-12-18(29-10-6-19(30)7-11-29)13-21(27-20)28-22-14-24-8-9-25-22/h2-5,8-9,12-15,19,30H,6-7,10-11H2,1H3,(H2,25,26,27,28). The summed E-state index contributed by atoms with van der Waals surface area (Å²) in [6.45, 7) is 3.57.